The molecule has 6 nitrogen and oxygen atoms in total. The molecule has 0 spiro atoms. The van der Waals surface area contributed by atoms with E-state index in [4.69, 9.17) is 9.72 Å². The fourth-order valence-corrected chi connectivity index (χ4v) is 9.19. The Bertz CT molecular complexity index is 3420. The molecule has 0 atom stereocenters. The van der Waals surface area contributed by atoms with Crippen molar-refractivity contribution in [1.82, 2.24) is 23.7 Å². The topological polar surface area (TPSA) is 49.8 Å². The van der Waals surface area contributed by atoms with Gasteiger partial charge in [-0.2, -0.15) is 0 Å². The fraction of sp³-hybridized carbons (Fsp3) is 0.0185. The summed E-state index contributed by atoms with van der Waals surface area (Å²) >= 11 is 3.73. The molecule has 61 heavy (non-hydrogen) atoms. The van der Waals surface area contributed by atoms with Crippen LogP contribution in [-0.4, -0.2) is 23.7 Å². The van der Waals surface area contributed by atoms with Crippen molar-refractivity contribution in [3.05, 3.63) is 216 Å². The number of imidazole rings is 1. The van der Waals surface area contributed by atoms with E-state index in [0.717, 1.165) is 92.9 Å². The second kappa shape index (κ2) is 15.3. The number of rotatable bonds is 8. The molecule has 0 amide bonds. The molecular weight excluding hydrogens is 841 g/mol. The van der Waals surface area contributed by atoms with Crippen molar-refractivity contribution in [2.24, 2.45) is 0 Å². The predicted molar refractivity (Wildman–Crippen MR) is 241 cm³/mol. The molecule has 294 valence electrons. The second-order valence-electron chi connectivity index (χ2n) is 14.9. The molecule has 0 aliphatic rings. The molecule has 0 aliphatic heterocycles. The van der Waals surface area contributed by atoms with Crippen LogP contribution >= 0.6 is 0 Å². The van der Waals surface area contributed by atoms with Gasteiger partial charge in [0.1, 0.15) is 0 Å². The third-order valence-corrected chi connectivity index (χ3v) is 11.9. The van der Waals surface area contributed by atoms with Gasteiger partial charge in [0.25, 0.3) is 0 Å². The van der Waals surface area contributed by atoms with Gasteiger partial charge in [-0.1, -0.05) is 12.1 Å². The molecule has 7 heteroatoms. The summed E-state index contributed by atoms with van der Waals surface area (Å²) in [6.45, 7) is 2.12. The van der Waals surface area contributed by atoms with Crippen molar-refractivity contribution in [2.75, 3.05) is 0 Å². The molecule has 0 fully saturated rings. The van der Waals surface area contributed by atoms with Gasteiger partial charge in [0.15, 0.2) is 0 Å². The van der Waals surface area contributed by atoms with Crippen LogP contribution in [0, 0.1) is 22.9 Å². The van der Waals surface area contributed by atoms with Crippen molar-refractivity contribution >= 4 is 32.8 Å². The summed E-state index contributed by atoms with van der Waals surface area (Å²) in [5.41, 5.74) is 13.7. The summed E-state index contributed by atoms with van der Waals surface area (Å²) in [6, 6.07) is 68.1. The van der Waals surface area contributed by atoms with Gasteiger partial charge in [-0.25, -0.2) is 0 Å². The van der Waals surface area contributed by atoms with Crippen LogP contribution in [-0.2, 0) is 18.7 Å². The summed E-state index contributed by atoms with van der Waals surface area (Å²) in [6.07, 6.45) is 5.56. The molecule has 0 N–H and O–H groups in total. The van der Waals surface area contributed by atoms with Crippen LogP contribution in [0.15, 0.2) is 195 Å². The Labute approximate surface area is 363 Å². The molecule has 4 heterocycles. The Hall–Kier alpha value is -7.43. The van der Waals surface area contributed by atoms with E-state index in [0.29, 0.717) is 11.5 Å². The van der Waals surface area contributed by atoms with E-state index in [2.05, 4.69) is 202 Å². The normalized spacial score (nSPS) is 11.5. The third kappa shape index (κ3) is 6.43. The van der Waals surface area contributed by atoms with Crippen LogP contribution in [0.1, 0.15) is 5.56 Å². The maximum atomic E-state index is 6.65. The van der Waals surface area contributed by atoms with Crippen molar-refractivity contribution in [2.45, 2.75) is 6.92 Å². The Morgan fingerprint density at radius 1 is 0.508 bits per heavy atom. The van der Waals surface area contributed by atoms with E-state index in [1.807, 2.05) is 48.9 Å². The molecule has 0 aliphatic carbocycles. The van der Waals surface area contributed by atoms with Gasteiger partial charge in [0, 0.05) is 24.2 Å². The maximum absolute atomic E-state index is 6.65. The molecule has 0 unspecified atom stereocenters. The van der Waals surface area contributed by atoms with Crippen molar-refractivity contribution < 1.29 is 23.5 Å². The van der Waals surface area contributed by atoms with E-state index in [-0.39, 0.29) is 0 Å². The van der Waals surface area contributed by atoms with Gasteiger partial charge in [0.05, 0.1) is 0 Å². The van der Waals surface area contributed by atoms with Crippen LogP contribution in [0.2, 0.25) is 0 Å². The van der Waals surface area contributed by atoms with Crippen molar-refractivity contribution in [1.29, 1.82) is 0 Å². The predicted octanol–water partition coefficient (Wildman–Crippen LogP) is 13.1. The van der Waals surface area contributed by atoms with Gasteiger partial charge in [-0.3, -0.25) is 4.98 Å². The van der Waals surface area contributed by atoms with E-state index in [9.17, 15) is 0 Å². The summed E-state index contributed by atoms with van der Waals surface area (Å²) in [4.78, 5) is 9.18. The average Bonchev–Trinajstić information content (AvgIpc) is 3.80. The summed E-state index contributed by atoms with van der Waals surface area (Å²) < 4.78 is 14.2. The van der Waals surface area contributed by atoms with Crippen LogP contribution in [0.25, 0.3) is 83.4 Å². The number of ether oxygens (including phenoxy) is 1. The van der Waals surface area contributed by atoms with Gasteiger partial charge in [0.2, 0.25) is 0 Å². The van der Waals surface area contributed by atoms with Crippen LogP contribution in [0.5, 0.6) is 11.5 Å². The zero-order valence-electron chi connectivity index (χ0n) is 32.9. The molecule has 0 radical (unpaired) electrons. The van der Waals surface area contributed by atoms with E-state index < -0.39 is 0 Å². The minimum atomic E-state index is 0.571. The number of hydrogen-bond donors (Lipinski definition) is 0. The molecule has 0 saturated carbocycles. The SMILES string of the molecule is Cc1cc(-n2c3[c-]c(Oc4[c-]c(-n5[c](=[Pd])n(-c6c(-c7ccccc7)cccc6-c6ccccc6)c6ccccc65)ccc4)ccc3c3ccccc32)ncc1-c1ccncc1. The number of fused-ring (bicyclic) bond motifs is 4. The quantitative estimate of drug-likeness (QED) is 0.113. The molecule has 11 rings (SSSR count). The van der Waals surface area contributed by atoms with Crippen LogP contribution < -0.4 is 4.74 Å². The Balaban J connectivity index is 1.02. The van der Waals surface area contributed by atoms with Crippen molar-refractivity contribution in [3.63, 3.8) is 0 Å². The number of para-hydroxylation sites is 4. The first kappa shape index (κ1) is 36.6. The van der Waals surface area contributed by atoms with Gasteiger partial charge in [-0.15, -0.1) is 0 Å². The summed E-state index contributed by atoms with van der Waals surface area (Å²) in [5.74, 6) is 1.96. The minimum absolute atomic E-state index is 0.571. The smallest absolute Gasteiger partial charge is 0.265 e. The number of aryl methyl sites for hydroxylation is 1. The number of pyridine rings is 2. The molecule has 4 aromatic heterocycles. The number of benzene rings is 7. The van der Waals surface area contributed by atoms with E-state index in [1.54, 1.807) is 0 Å². The molecule has 0 bridgehead atoms. The van der Waals surface area contributed by atoms with Crippen molar-refractivity contribution in [3.8, 4) is 62.1 Å². The van der Waals surface area contributed by atoms with Gasteiger partial charge < -0.3 is 0 Å². The molecular formula is C54H35N5OPd-2. The van der Waals surface area contributed by atoms with Gasteiger partial charge >= 0.3 is 294 Å². The standard InChI is InChI=1S/C54H35N5O.Pd/c1-37-32-53(56-35-48(37)40-28-30-55-31-29-40)59-49-23-9-8-20-46(49)47-27-26-43(34-52(47)59)60-42-19-12-18-41(33-42)57-36-58(51-25-11-10-24-50(51)57)54-44(38-14-4-2-5-15-38)21-13-22-45(54)39-16-6-3-7-17-39;/h2-32,35H,1H3;/q-2;. The fourth-order valence-electron chi connectivity index (χ4n) is 8.45. The Morgan fingerprint density at radius 3 is 1.82 bits per heavy atom. The third-order valence-electron chi connectivity index (χ3n) is 11.2. The zero-order valence-corrected chi connectivity index (χ0v) is 34.5. The number of hydrogen-bond acceptors (Lipinski definition) is 3. The average molecular weight is 876 g/mol. The summed E-state index contributed by atoms with van der Waals surface area (Å²) in [5, 5.41) is 2.19. The van der Waals surface area contributed by atoms with Crippen LogP contribution in [0.3, 0.4) is 0 Å². The Morgan fingerprint density at radius 2 is 1.11 bits per heavy atom. The van der Waals surface area contributed by atoms with E-state index >= 15 is 0 Å². The minimum Gasteiger partial charge on any atom is -0.265 e. The molecule has 7 aromatic carbocycles. The monoisotopic (exact) mass is 875 g/mol. The number of nitrogens with zero attached hydrogens (tertiary/aromatic N) is 5. The first-order valence-corrected chi connectivity index (χ1v) is 20.8. The number of aromatic nitrogens is 5. The zero-order chi connectivity index (χ0) is 40.9. The molecule has 11 aromatic rings. The Kier molecular flexibility index (Phi) is 9.19. The van der Waals surface area contributed by atoms with E-state index in [1.165, 1.54) is 0 Å². The van der Waals surface area contributed by atoms with Gasteiger partial charge in [-0.05, 0) is 30.2 Å². The van der Waals surface area contributed by atoms with Crippen LogP contribution in [0.4, 0.5) is 0 Å². The first-order chi connectivity index (χ1) is 30.1. The summed E-state index contributed by atoms with van der Waals surface area (Å²) in [7, 11) is 0. The molecule has 0 saturated heterocycles. The second-order valence-corrected chi connectivity index (χ2v) is 15.6. The first-order valence-electron chi connectivity index (χ1n) is 20.1.